The monoisotopic (exact) mass is 469 g/mol. The first-order valence-electron chi connectivity index (χ1n) is 11.0. The summed E-state index contributed by atoms with van der Waals surface area (Å²) in [5, 5.41) is 0.909. The van der Waals surface area contributed by atoms with Gasteiger partial charge in [0.25, 0.3) is 5.56 Å². The molecule has 7 nitrogen and oxygen atoms in total. The van der Waals surface area contributed by atoms with Gasteiger partial charge >= 0.3 is 5.97 Å². The van der Waals surface area contributed by atoms with Crippen LogP contribution in [-0.4, -0.2) is 39.5 Å². The highest BCUT2D eigenvalue weighted by Crippen LogP contribution is 2.25. The predicted molar refractivity (Wildman–Crippen MR) is 129 cm³/mol. The molecule has 0 aliphatic rings. The molecule has 1 atom stereocenters. The molecule has 33 heavy (non-hydrogen) atoms. The quantitative estimate of drug-likeness (QED) is 0.450. The molecule has 1 unspecified atom stereocenters. The number of aryl methyl sites for hydroxylation is 1. The third-order valence-corrected chi connectivity index (χ3v) is 5.74. The molecular weight excluding hydrogens is 442 g/mol. The lowest BCUT2D eigenvalue weighted by Gasteiger charge is -2.29. The van der Waals surface area contributed by atoms with Crippen LogP contribution in [0, 0.1) is 6.92 Å². The van der Waals surface area contributed by atoms with Crippen LogP contribution in [0.2, 0.25) is 5.02 Å². The maximum atomic E-state index is 13.5. The second-order valence-electron chi connectivity index (χ2n) is 7.77. The molecule has 0 spiro atoms. The van der Waals surface area contributed by atoms with Crippen molar-refractivity contribution < 1.29 is 14.3 Å². The van der Waals surface area contributed by atoms with Crippen molar-refractivity contribution in [1.29, 1.82) is 0 Å². The fourth-order valence-electron chi connectivity index (χ4n) is 3.79. The first-order valence-corrected chi connectivity index (χ1v) is 11.4. The summed E-state index contributed by atoms with van der Waals surface area (Å²) >= 11 is 6.16. The Morgan fingerprint density at radius 1 is 1.12 bits per heavy atom. The summed E-state index contributed by atoms with van der Waals surface area (Å²) in [5.74, 6) is -0.205. The third-order valence-electron chi connectivity index (χ3n) is 5.50. The molecule has 1 aromatic heterocycles. The SMILES string of the molecule is CCOC(=O)CCC(=O)N(CC)C(C)c1nc2cc(Cl)ccc2c(=O)n1-c1ccc(C)cc1. The molecule has 0 saturated carbocycles. The van der Waals surface area contributed by atoms with Crippen LogP contribution in [0.5, 0.6) is 0 Å². The molecular formula is C25H28ClN3O4. The zero-order valence-corrected chi connectivity index (χ0v) is 20.1. The summed E-state index contributed by atoms with van der Waals surface area (Å²) < 4.78 is 6.48. The number of rotatable bonds is 8. The van der Waals surface area contributed by atoms with Crippen LogP contribution in [0.15, 0.2) is 47.3 Å². The highest BCUT2D eigenvalue weighted by atomic mass is 35.5. The Morgan fingerprint density at radius 2 is 1.82 bits per heavy atom. The summed E-state index contributed by atoms with van der Waals surface area (Å²) in [6, 6.07) is 12.0. The number of halogens is 1. The van der Waals surface area contributed by atoms with Crippen molar-refractivity contribution in [3.05, 3.63) is 69.2 Å². The van der Waals surface area contributed by atoms with Crippen molar-refractivity contribution in [1.82, 2.24) is 14.5 Å². The van der Waals surface area contributed by atoms with Gasteiger partial charge < -0.3 is 9.64 Å². The van der Waals surface area contributed by atoms with Crippen molar-refractivity contribution in [2.45, 2.75) is 46.6 Å². The van der Waals surface area contributed by atoms with E-state index in [1.165, 1.54) is 0 Å². The molecule has 0 fully saturated rings. The number of hydrogen-bond acceptors (Lipinski definition) is 5. The molecule has 0 radical (unpaired) electrons. The minimum atomic E-state index is -0.526. The van der Waals surface area contributed by atoms with Crippen LogP contribution in [-0.2, 0) is 14.3 Å². The number of hydrogen-bond donors (Lipinski definition) is 0. The molecule has 8 heteroatoms. The van der Waals surface area contributed by atoms with E-state index in [0.29, 0.717) is 34.0 Å². The van der Waals surface area contributed by atoms with E-state index in [9.17, 15) is 14.4 Å². The minimum Gasteiger partial charge on any atom is -0.466 e. The van der Waals surface area contributed by atoms with Gasteiger partial charge in [-0.15, -0.1) is 0 Å². The number of aromatic nitrogens is 2. The van der Waals surface area contributed by atoms with Gasteiger partial charge in [-0.25, -0.2) is 4.98 Å². The molecule has 1 amide bonds. The number of amides is 1. The number of ether oxygens (including phenoxy) is 1. The Hall–Kier alpha value is -3.19. The van der Waals surface area contributed by atoms with Gasteiger partial charge in [0.05, 0.1) is 35.7 Å². The minimum absolute atomic E-state index is 0.00141. The molecule has 2 aromatic carbocycles. The lowest BCUT2D eigenvalue weighted by atomic mass is 10.1. The van der Waals surface area contributed by atoms with Crippen LogP contribution in [0.1, 0.15) is 51.0 Å². The van der Waals surface area contributed by atoms with E-state index in [1.54, 1.807) is 34.6 Å². The smallest absolute Gasteiger partial charge is 0.306 e. The van der Waals surface area contributed by atoms with E-state index >= 15 is 0 Å². The van der Waals surface area contributed by atoms with E-state index in [4.69, 9.17) is 21.3 Å². The van der Waals surface area contributed by atoms with Gasteiger partial charge in [0.2, 0.25) is 5.91 Å². The Labute approximate surface area is 197 Å². The maximum Gasteiger partial charge on any atom is 0.306 e. The highest BCUT2D eigenvalue weighted by molar-refractivity contribution is 6.31. The lowest BCUT2D eigenvalue weighted by molar-refractivity contribution is -0.146. The topological polar surface area (TPSA) is 81.5 Å². The van der Waals surface area contributed by atoms with E-state index in [1.807, 2.05) is 45.0 Å². The highest BCUT2D eigenvalue weighted by Gasteiger charge is 2.26. The van der Waals surface area contributed by atoms with Crippen molar-refractivity contribution >= 4 is 34.4 Å². The summed E-state index contributed by atoms with van der Waals surface area (Å²) in [6.45, 7) is 8.03. The summed E-state index contributed by atoms with van der Waals surface area (Å²) in [4.78, 5) is 44.6. The number of nitrogens with zero attached hydrogens (tertiary/aromatic N) is 3. The molecule has 174 valence electrons. The number of esters is 1. The Morgan fingerprint density at radius 3 is 2.45 bits per heavy atom. The van der Waals surface area contributed by atoms with Crippen molar-refractivity contribution in [2.75, 3.05) is 13.2 Å². The number of fused-ring (bicyclic) bond motifs is 1. The van der Waals surface area contributed by atoms with E-state index in [0.717, 1.165) is 5.56 Å². The van der Waals surface area contributed by atoms with Crippen LogP contribution in [0.25, 0.3) is 16.6 Å². The van der Waals surface area contributed by atoms with Crippen LogP contribution in [0.4, 0.5) is 0 Å². The number of benzene rings is 2. The molecule has 0 aliphatic heterocycles. The average molecular weight is 470 g/mol. The Kier molecular flexibility index (Phi) is 7.87. The van der Waals surface area contributed by atoms with E-state index < -0.39 is 12.0 Å². The first kappa shape index (κ1) is 24.5. The third kappa shape index (κ3) is 5.42. The Bertz CT molecular complexity index is 1220. The molecule has 3 rings (SSSR count). The van der Waals surface area contributed by atoms with Crippen LogP contribution in [0.3, 0.4) is 0 Å². The molecule has 0 bridgehead atoms. The predicted octanol–water partition coefficient (Wildman–Crippen LogP) is 4.60. The second kappa shape index (κ2) is 10.6. The molecule has 3 aromatic rings. The van der Waals surface area contributed by atoms with Gasteiger partial charge in [-0.2, -0.15) is 0 Å². The van der Waals surface area contributed by atoms with Gasteiger partial charge in [-0.05, 0) is 58.0 Å². The maximum absolute atomic E-state index is 13.5. The van der Waals surface area contributed by atoms with Crippen LogP contribution < -0.4 is 5.56 Å². The standard InChI is InChI=1S/C25H28ClN3O4/c1-5-28(22(30)13-14-23(31)33-6-2)17(4)24-27-21-15-18(26)9-12-20(21)25(32)29(24)19-10-7-16(3)8-11-19/h7-12,15,17H,5-6,13-14H2,1-4H3. The number of carbonyl (C=O) groups is 2. The summed E-state index contributed by atoms with van der Waals surface area (Å²) in [5.41, 5.74) is 1.95. The zero-order chi connectivity index (χ0) is 24.1. The van der Waals surface area contributed by atoms with Gasteiger partial charge in [0, 0.05) is 18.0 Å². The summed E-state index contributed by atoms with van der Waals surface area (Å²) in [6.07, 6.45) is 0.0204. The van der Waals surface area contributed by atoms with Gasteiger partial charge in [0.15, 0.2) is 0 Å². The normalized spacial score (nSPS) is 11.9. The molecule has 1 heterocycles. The Balaban J connectivity index is 2.09. The van der Waals surface area contributed by atoms with E-state index in [-0.39, 0.29) is 30.9 Å². The average Bonchev–Trinajstić information content (AvgIpc) is 2.78. The van der Waals surface area contributed by atoms with E-state index in [2.05, 4.69) is 0 Å². The number of carbonyl (C=O) groups excluding carboxylic acids is 2. The van der Waals surface area contributed by atoms with Gasteiger partial charge in [-0.1, -0.05) is 29.3 Å². The molecule has 0 N–H and O–H groups in total. The molecule has 0 aliphatic carbocycles. The van der Waals surface area contributed by atoms with Crippen molar-refractivity contribution in [2.24, 2.45) is 0 Å². The zero-order valence-electron chi connectivity index (χ0n) is 19.3. The van der Waals surface area contributed by atoms with Crippen molar-refractivity contribution in [3.8, 4) is 5.69 Å². The fraction of sp³-hybridized carbons (Fsp3) is 0.360. The van der Waals surface area contributed by atoms with Gasteiger partial charge in [0.1, 0.15) is 5.82 Å². The lowest BCUT2D eigenvalue weighted by Crippen LogP contribution is -2.37. The van der Waals surface area contributed by atoms with Crippen LogP contribution >= 0.6 is 11.6 Å². The fourth-order valence-corrected chi connectivity index (χ4v) is 3.96. The van der Waals surface area contributed by atoms with Gasteiger partial charge in [-0.3, -0.25) is 19.0 Å². The van der Waals surface area contributed by atoms with Crippen molar-refractivity contribution in [3.63, 3.8) is 0 Å². The largest absolute Gasteiger partial charge is 0.466 e. The molecule has 0 saturated heterocycles. The second-order valence-corrected chi connectivity index (χ2v) is 8.20. The first-order chi connectivity index (χ1) is 15.8. The summed E-state index contributed by atoms with van der Waals surface area (Å²) in [7, 11) is 0.